The van der Waals surface area contributed by atoms with Gasteiger partial charge in [0.2, 0.25) is 5.91 Å². The molecule has 0 spiro atoms. The van der Waals surface area contributed by atoms with Crippen LogP contribution in [0.3, 0.4) is 0 Å². The Morgan fingerprint density at radius 3 is 2.48 bits per heavy atom. The summed E-state index contributed by atoms with van der Waals surface area (Å²) < 4.78 is 0. The zero-order chi connectivity index (χ0) is 15.2. The number of carbonyl (C=O) groups is 2. The molecule has 5 heteroatoms. The van der Waals surface area contributed by atoms with Crippen LogP contribution in [-0.2, 0) is 4.79 Å². The molecule has 0 aliphatic rings. The molecule has 0 heterocycles. The molecular weight excluding hydrogens is 290 g/mol. The smallest absolute Gasteiger partial charge is 0.337 e. The summed E-state index contributed by atoms with van der Waals surface area (Å²) in [4.78, 5) is 22.9. The number of aromatic carboxylic acids is 1. The van der Waals surface area contributed by atoms with Crippen LogP contribution in [0.1, 0.15) is 15.9 Å². The van der Waals surface area contributed by atoms with Gasteiger partial charge in [-0.3, -0.25) is 4.79 Å². The van der Waals surface area contributed by atoms with E-state index in [4.69, 9.17) is 16.7 Å². The van der Waals surface area contributed by atoms with Gasteiger partial charge in [0, 0.05) is 11.1 Å². The molecule has 4 nitrogen and oxygen atoms in total. The van der Waals surface area contributed by atoms with E-state index in [-0.39, 0.29) is 11.3 Å². The van der Waals surface area contributed by atoms with Gasteiger partial charge >= 0.3 is 5.97 Å². The van der Waals surface area contributed by atoms with Crippen molar-refractivity contribution in [2.24, 2.45) is 0 Å². The third kappa shape index (κ3) is 4.19. The Morgan fingerprint density at radius 2 is 1.81 bits per heavy atom. The lowest BCUT2D eigenvalue weighted by atomic mass is 10.1. The number of carboxylic acids is 1. The predicted molar refractivity (Wildman–Crippen MR) is 82.5 cm³/mol. The van der Waals surface area contributed by atoms with Crippen LogP contribution in [0.4, 0.5) is 5.69 Å². The van der Waals surface area contributed by atoms with Crippen LogP contribution in [0.2, 0.25) is 5.02 Å². The fraction of sp³-hybridized carbons (Fsp3) is 0. The quantitative estimate of drug-likeness (QED) is 0.846. The van der Waals surface area contributed by atoms with Crippen LogP contribution in [0, 0.1) is 0 Å². The van der Waals surface area contributed by atoms with E-state index in [0.717, 1.165) is 5.56 Å². The van der Waals surface area contributed by atoms with Crippen molar-refractivity contribution in [3.05, 3.63) is 70.8 Å². The minimum atomic E-state index is -1.15. The lowest BCUT2D eigenvalue weighted by Gasteiger charge is -2.06. The van der Waals surface area contributed by atoms with Crippen LogP contribution in [0.25, 0.3) is 6.08 Å². The van der Waals surface area contributed by atoms with Gasteiger partial charge in [0.1, 0.15) is 0 Å². The SMILES string of the molecule is O=C(/C=C/c1ccccc1)Nc1ccc(Cl)cc1C(=O)O. The predicted octanol–water partition coefficient (Wildman–Crippen LogP) is 3.69. The highest BCUT2D eigenvalue weighted by Gasteiger charge is 2.11. The molecule has 0 radical (unpaired) electrons. The van der Waals surface area contributed by atoms with Crippen LogP contribution in [-0.4, -0.2) is 17.0 Å². The van der Waals surface area contributed by atoms with Crippen molar-refractivity contribution in [1.82, 2.24) is 0 Å². The van der Waals surface area contributed by atoms with Gasteiger partial charge in [-0.15, -0.1) is 0 Å². The monoisotopic (exact) mass is 301 g/mol. The number of benzene rings is 2. The van der Waals surface area contributed by atoms with Gasteiger partial charge in [-0.1, -0.05) is 41.9 Å². The molecule has 0 saturated heterocycles. The zero-order valence-corrected chi connectivity index (χ0v) is 11.7. The van der Waals surface area contributed by atoms with Crippen LogP contribution >= 0.6 is 11.6 Å². The van der Waals surface area contributed by atoms with Crippen molar-refractivity contribution in [2.75, 3.05) is 5.32 Å². The molecule has 0 bridgehead atoms. The largest absolute Gasteiger partial charge is 0.478 e. The lowest BCUT2D eigenvalue weighted by Crippen LogP contribution is -2.12. The van der Waals surface area contributed by atoms with Gasteiger partial charge in [0.15, 0.2) is 0 Å². The average Bonchev–Trinajstić information content (AvgIpc) is 2.48. The summed E-state index contributed by atoms with van der Waals surface area (Å²) in [7, 11) is 0. The zero-order valence-electron chi connectivity index (χ0n) is 10.9. The maximum atomic E-state index is 11.8. The molecule has 0 fully saturated rings. The van der Waals surface area contributed by atoms with Gasteiger partial charge in [0.25, 0.3) is 0 Å². The fourth-order valence-corrected chi connectivity index (χ4v) is 1.88. The van der Waals surface area contributed by atoms with Gasteiger partial charge < -0.3 is 10.4 Å². The first-order valence-electron chi connectivity index (χ1n) is 6.13. The Hall–Kier alpha value is -2.59. The molecule has 0 aromatic heterocycles. The Balaban J connectivity index is 2.13. The summed E-state index contributed by atoms with van der Waals surface area (Å²) in [6.45, 7) is 0. The molecule has 1 amide bonds. The Bertz CT molecular complexity index is 696. The van der Waals surface area contributed by atoms with Crippen molar-refractivity contribution in [3.63, 3.8) is 0 Å². The van der Waals surface area contributed by atoms with Crippen molar-refractivity contribution in [2.45, 2.75) is 0 Å². The number of hydrogen-bond acceptors (Lipinski definition) is 2. The Labute approximate surface area is 126 Å². The minimum Gasteiger partial charge on any atom is -0.478 e. The molecule has 2 aromatic carbocycles. The molecule has 0 aliphatic heterocycles. The number of carboxylic acid groups (broad SMARTS) is 1. The highest BCUT2D eigenvalue weighted by Crippen LogP contribution is 2.20. The molecule has 21 heavy (non-hydrogen) atoms. The molecule has 0 unspecified atom stereocenters. The maximum absolute atomic E-state index is 11.8. The van der Waals surface area contributed by atoms with Crippen molar-refractivity contribution >= 4 is 35.2 Å². The number of halogens is 1. The van der Waals surface area contributed by atoms with E-state index >= 15 is 0 Å². The van der Waals surface area contributed by atoms with E-state index in [1.807, 2.05) is 30.3 Å². The third-order valence-electron chi connectivity index (χ3n) is 2.70. The molecule has 106 valence electrons. The van der Waals surface area contributed by atoms with E-state index in [9.17, 15) is 9.59 Å². The summed E-state index contributed by atoms with van der Waals surface area (Å²) in [5.41, 5.74) is 1.03. The van der Waals surface area contributed by atoms with E-state index < -0.39 is 11.9 Å². The molecule has 2 rings (SSSR count). The Morgan fingerprint density at radius 1 is 1.10 bits per heavy atom. The summed E-state index contributed by atoms with van der Waals surface area (Å²) in [5, 5.41) is 11.9. The van der Waals surface area contributed by atoms with Gasteiger partial charge in [-0.25, -0.2) is 4.79 Å². The van der Waals surface area contributed by atoms with E-state index in [1.54, 1.807) is 6.08 Å². The average molecular weight is 302 g/mol. The molecule has 2 N–H and O–H groups in total. The first-order chi connectivity index (χ1) is 10.1. The van der Waals surface area contributed by atoms with Crippen molar-refractivity contribution in [1.29, 1.82) is 0 Å². The van der Waals surface area contributed by atoms with Gasteiger partial charge in [-0.05, 0) is 29.8 Å². The van der Waals surface area contributed by atoms with Gasteiger partial charge in [-0.2, -0.15) is 0 Å². The molecule has 0 aliphatic carbocycles. The first kappa shape index (κ1) is 14.8. The fourth-order valence-electron chi connectivity index (χ4n) is 1.71. The summed E-state index contributed by atoms with van der Waals surface area (Å²) in [5.74, 6) is -1.57. The maximum Gasteiger partial charge on any atom is 0.337 e. The standard InChI is InChI=1S/C16H12ClNO3/c17-12-7-8-14(13(10-12)16(20)21)18-15(19)9-6-11-4-2-1-3-5-11/h1-10H,(H,18,19)(H,20,21)/b9-6+. The van der Waals surface area contributed by atoms with E-state index in [1.165, 1.54) is 24.3 Å². The summed E-state index contributed by atoms with van der Waals surface area (Å²) in [6, 6.07) is 13.6. The molecular formula is C16H12ClNO3. The highest BCUT2D eigenvalue weighted by molar-refractivity contribution is 6.31. The second-order valence-electron chi connectivity index (χ2n) is 4.23. The van der Waals surface area contributed by atoms with Crippen LogP contribution in [0.5, 0.6) is 0 Å². The van der Waals surface area contributed by atoms with Crippen LogP contribution < -0.4 is 5.32 Å². The highest BCUT2D eigenvalue weighted by atomic mass is 35.5. The third-order valence-corrected chi connectivity index (χ3v) is 2.93. The number of anilines is 1. The number of rotatable bonds is 4. The topological polar surface area (TPSA) is 66.4 Å². The number of hydrogen-bond donors (Lipinski definition) is 2. The van der Waals surface area contributed by atoms with Gasteiger partial charge in [0.05, 0.1) is 11.3 Å². The molecule has 0 saturated carbocycles. The second kappa shape index (κ2) is 6.72. The molecule has 0 atom stereocenters. The van der Waals surface area contributed by atoms with E-state index in [0.29, 0.717) is 5.02 Å². The first-order valence-corrected chi connectivity index (χ1v) is 6.51. The van der Waals surface area contributed by atoms with Crippen molar-refractivity contribution in [3.8, 4) is 0 Å². The van der Waals surface area contributed by atoms with Crippen LogP contribution in [0.15, 0.2) is 54.6 Å². The van der Waals surface area contributed by atoms with Crippen molar-refractivity contribution < 1.29 is 14.7 Å². The lowest BCUT2D eigenvalue weighted by molar-refractivity contribution is -0.111. The Kier molecular flexibility index (Phi) is 4.74. The number of carbonyl (C=O) groups excluding carboxylic acids is 1. The summed E-state index contributed by atoms with van der Waals surface area (Å²) in [6.07, 6.45) is 2.99. The summed E-state index contributed by atoms with van der Waals surface area (Å²) >= 11 is 5.75. The van der Waals surface area contributed by atoms with E-state index in [2.05, 4.69) is 5.32 Å². The second-order valence-corrected chi connectivity index (χ2v) is 4.66. The number of nitrogens with one attached hydrogen (secondary N) is 1. The number of amides is 1. The normalized spacial score (nSPS) is 10.5. The molecule has 2 aromatic rings. The minimum absolute atomic E-state index is 0.0519.